The van der Waals surface area contributed by atoms with E-state index in [4.69, 9.17) is 9.26 Å². The molecule has 0 aliphatic carbocycles. The second-order valence-corrected chi connectivity index (χ2v) is 5.90. The fourth-order valence-corrected chi connectivity index (χ4v) is 2.05. The van der Waals surface area contributed by atoms with Crippen LogP contribution in [0.3, 0.4) is 0 Å². The van der Waals surface area contributed by atoms with Crippen molar-refractivity contribution in [3.8, 4) is 5.75 Å². The van der Waals surface area contributed by atoms with E-state index in [0.717, 1.165) is 0 Å². The number of nitrogens with zero attached hydrogens (tertiary/aromatic N) is 1. The molecule has 0 aliphatic rings. The molecular weight excluding hydrogens is 268 g/mol. The first-order chi connectivity index (χ1) is 9.82. The van der Waals surface area contributed by atoms with Gasteiger partial charge in [-0.05, 0) is 19.1 Å². The Bertz CT molecular complexity index is 654. The summed E-state index contributed by atoms with van der Waals surface area (Å²) in [5, 5.41) is 6.88. The van der Waals surface area contributed by atoms with Gasteiger partial charge in [0.25, 0.3) is 5.91 Å². The number of amides is 1. The number of carbonyl (C=O) groups is 1. The Labute approximate surface area is 124 Å². The van der Waals surface area contributed by atoms with E-state index in [1.807, 2.05) is 32.9 Å². The molecule has 21 heavy (non-hydrogen) atoms. The van der Waals surface area contributed by atoms with Gasteiger partial charge in [0.2, 0.25) is 0 Å². The van der Waals surface area contributed by atoms with Gasteiger partial charge in [-0.25, -0.2) is 0 Å². The van der Waals surface area contributed by atoms with E-state index >= 15 is 0 Å². The van der Waals surface area contributed by atoms with Gasteiger partial charge < -0.3 is 14.6 Å². The largest absolute Gasteiger partial charge is 0.497 e. The van der Waals surface area contributed by atoms with Gasteiger partial charge in [-0.2, -0.15) is 0 Å². The summed E-state index contributed by atoms with van der Waals surface area (Å²) in [4.78, 5) is 12.5. The fraction of sp³-hybridized carbons (Fsp3) is 0.375. The third-order valence-corrected chi connectivity index (χ3v) is 3.13. The maximum Gasteiger partial charge on any atom is 0.261 e. The van der Waals surface area contributed by atoms with Gasteiger partial charge >= 0.3 is 0 Å². The highest BCUT2D eigenvalue weighted by molar-refractivity contribution is 6.06. The Kier molecular flexibility index (Phi) is 4.02. The molecular formula is C16H20N2O3. The quantitative estimate of drug-likeness (QED) is 0.938. The molecule has 1 N–H and O–H groups in total. The van der Waals surface area contributed by atoms with E-state index < -0.39 is 0 Å². The number of ether oxygens (including phenoxy) is 1. The number of carbonyl (C=O) groups excluding carboxylic acids is 1. The van der Waals surface area contributed by atoms with Crippen molar-refractivity contribution in [2.24, 2.45) is 0 Å². The van der Waals surface area contributed by atoms with E-state index in [-0.39, 0.29) is 11.3 Å². The fourth-order valence-electron chi connectivity index (χ4n) is 2.05. The standard InChI is InChI=1S/C16H20N2O3/c1-10-13(14(18-21-10)16(2,3)4)15(19)17-11-7-6-8-12(9-11)20-5/h6-9H,1-5H3,(H,17,19). The number of rotatable bonds is 3. The molecule has 0 spiro atoms. The van der Waals surface area contributed by atoms with Crippen LogP contribution >= 0.6 is 0 Å². The number of hydrogen-bond acceptors (Lipinski definition) is 4. The summed E-state index contributed by atoms with van der Waals surface area (Å²) in [6.07, 6.45) is 0. The molecule has 0 aliphatic heterocycles. The average molecular weight is 288 g/mol. The molecule has 2 rings (SSSR count). The summed E-state index contributed by atoms with van der Waals surface area (Å²) < 4.78 is 10.3. The Morgan fingerprint density at radius 1 is 1.33 bits per heavy atom. The van der Waals surface area contributed by atoms with Gasteiger partial charge in [-0.15, -0.1) is 0 Å². The second kappa shape index (κ2) is 5.60. The molecule has 0 saturated heterocycles. The van der Waals surface area contributed by atoms with Crippen LogP contribution in [-0.4, -0.2) is 18.2 Å². The Hall–Kier alpha value is -2.30. The molecule has 1 heterocycles. The molecule has 1 aromatic carbocycles. The van der Waals surface area contributed by atoms with Crippen molar-refractivity contribution in [3.05, 3.63) is 41.3 Å². The third kappa shape index (κ3) is 3.24. The summed E-state index contributed by atoms with van der Waals surface area (Å²) in [5.41, 5.74) is 1.55. The summed E-state index contributed by atoms with van der Waals surface area (Å²) in [5.74, 6) is 0.970. The minimum Gasteiger partial charge on any atom is -0.497 e. The van der Waals surface area contributed by atoms with Crippen LogP contribution < -0.4 is 10.1 Å². The van der Waals surface area contributed by atoms with E-state index in [1.54, 1.807) is 26.2 Å². The molecule has 0 fully saturated rings. The molecule has 1 aromatic heterocycles. The van der Waals surface area contributed by atoms with Crippen LogP contribution in [0.1, 0.15) is 42.6 Å². The van der Waals surface area contributed by atoms with Crippen molar-refractivity contribution in [3.63, 3.8) is 0 Å². The van der Waals surface area contributed by atoms with E-state index in [2.05, 4.69) is 10.5 Å². The van der Waals surface area contributed by atoms with E-state index in [9.17, 15) is 4.79 Å². The lowest BCUT2D eigenvalue weighted by Gasteiger charge is -2.16. The smallest absolute Gasteiger partial charge is 0.261 e. The summed E-state index contributed by atoms with van der Waals surface area (Å²) in [6.45, 7) is 7.72. The van der Waals surface area contributed by atoms with Crippen molar-refractivity contribution < 1.29 is 14.1 Å². The zero-order valence-electron chi connectivity index (χ0n) is 13.0. The predicted molar refractivity (Wildman–Crippen MR) is 80.9 cm³/mol. The first-order valence-electron chi connectivity index (χ1n) is 6.75. The highest BCUT2D eigenvalue weighted by atomic mass is 16.5. The molecule has 0 radical (unpaired) electrons. The normalized spacial score (nSPS) is 11.3. The minimum absolute atomic E-state index is 0.230. The Morgan fingerprint density at radius 3 is 2.67 bits per heavy atom. The number of aromatic nitrogens is 1. The SMILES string of the molecule is COc1cccc(NC(=O)c2c(C(C)(C)C)noc2C)c1. The zero-order chi connectivity index (χ0) is 15.6. The number of hydrogen-bond donors (Lipinski definition) is 1. The average Bonchev–Trinajstić information content (AvgIpc) is 2.81. The number of nitrogens with one attached hydrogen (secondary N) is 1. The first kappa shape index (κ1) is 15.1. The van der Waals surface area contributed by atoms with Crippen LogP contribution in [0.25, 0.3) is 0 Å². The molecule has 0 saturated carbocycles. The molecule has 5 nitrogen and oxygen atoms in total. The van der Waals surface area contributed by atoms with Gasteiger partial charge in [0.1, 0.15) is 22.8 Å². The van der Waals surface area contributed by atoms with Crippen LogP contribution in [0.4, 0.5) is 5.69 Å². The maximum atomic E-state index is 12.5. The molecule has 2 aromatic rings. The molecule has 0 bridgehead atoms. The summed E-state index contributed by atoms with van der Waals surface area (Å²) >= 11 is 0. The van der Waals surface area contributed by atoms with Gasteiger partial charge in [0.15, 0.2) is 0 Å². The summed E-state index contributed by atoms with van der Waals surface area (Å²) in [7, 11) is 1.59. The van der Waals surface area contributed by atoms with Gasteiger partial charge in [0, 0.05) is 17.2 Å². The van der Waals surface area contributed by atoms with Gasteiger partial charge in [-0.3, -0.25) is 4.79 Å². The van der Waals surface area contributed by atoms with Crippen LogP contribution in [0, 0.1) is 6.92 Å². The highest BCUT2D eigenvalue weighted by Crippen LogP contribution is 2.28. The number of methoxy groups -OCH3 is 1. The van der Waals surface area contributed by atoms with Crippen molar-refractivity contribution in [2.75, 3.05) is 12.4 Å². The number of anilines is 1. The van der Waals surface area contributed by atoms with Crippen molar-refractivity contribution >= 4 is 11.6 Å². The number of benzene rings is 1. The first-order valence-corrected chi connectivity index (χ1v) is 6.75. The Balaban J connectivity index is 2.31. The lowest BCUT2D eigenvalue weighted by Crippen LogP contribution is -2.21. The molecule has 112 valence electrons. The lowest BCUT2D eigenvalue weighted by molar-refractivity contribution is 0.102. The van der Waals surface area contributed by atoms with Crippen LogP contribution in [0.15, 0.2) is 28.8 Å². The predicted octanol–water partition coefficient (Wildman–Crippen LogP) is 3.54. The Morgan fingerprint density at radius 2 is 2.05 bits per heavy atom. The minimum atomic E-state index is -0.265. The van der Waals surface area contributed by atoms with E-state index in [1.165, 1.54) is 0 Å². The van der Waals surface area contributed by atoms with Crippen molar-refractivity contribution in [1.29, 1.82) is 0 Å². The lowest BCUT2D eigenvalue weighted by atomic mass is 9.88. The van der Waals surface area contributed by atoms with Crippen LogP contribution in [0.5, 0.6) is 5.75 Å². The second-order valence-electron chi connectivity index (χ2n) is 5.90. The molecule has 0 atom stereocenters. The van der Waals surface area contributed by atoms with Gasteiger partial charge in [-0.1, -0.05) is 32.0 Å². The third-order valence-electron chi connectivity index (χ3n) is 3.13. The molecule has 5 heteroatoms. The maximum absolute atomic E-state index is 12.5. The number of aryl methyl sites for hydroxylation is 1. The van der Waals surface area contributed by atoms with Gasteiger partial charge in [0.05, 0.1) is 7.11 Å². The molecule has 0 unspecified atom stereocenters. The van der Waals surface area contributed by atoms with Crippen LogP contribution in [0.2, 0.25) is 0 Å². The van der Waals surface area contributed by atoms with Crippen molar-refractivity contribution in [1.82, 2.24) is 5.16 Å². The van der Waals surface area contributed by atoms with Crippen molar-refractivity contribution in [2.45, 2.75) is 33.1 Å². The van der Waals surface area contributed by atoms with Crippen LogP contribution in [-0.2, 0) is 5.41 Å². The summed E-state index contributed by atoms with van der Waals surface area (Å²) in [6, 6.07) is 7.21. The topological polar surface area (TPSA) is 64.4 Å². The molecule has 1 amide bonds. The van der Waals surface area contributed by atoms with E-state index in [0.29, 0.717) is 28.5 Å². The zero-order valence-corrected chi connectivity index (χ0v) is 13.0. The monoisotopic (exact) mass is 288 g/mol. The highest BCUT2D eigenvalue weighted by Gasteiger charge is 2.28.